The van der Waals surface area contributed by atoms with Gasteiger partial charge in [0.05, 0.1) is 12.5 Å². The molecule has 2 aromatic carbocycles. The number of phenols is 2. The number of hydrogen-bond donors (Lipinski definition) is 2. The summed E-state index contributed by atoms with van der Waals surface area (Å²) in [7, 11) is 0. The number of aryl methyl sites for hydroxylation is 2. The van der Waals surface area contributed by atoms with Crippen LogP contribution in [0, 0.1) is 27.7 Å². The topological polar surface area (TPSA) is 66.7 Å². The SMILES string of the molecule is C/C=C/CCc1c(C)c(-c2c(C)c(CC/C=C/C)c(O)c3occ(C)c23)c2c(C)coc2c1O. The van der Waals surface area contributed by atoms with E-state index < -0.39 is 0 Å². The Morgan fingerprint density at radius 3 is 1.41 bits per heavy atom. The lowest BCUT2D eigenvalue weighted by Gasteiger charge is -2.21. The van der Waals surface area contributed by atoms with Gasteiger partial charge in [-0.15, -0.1) is 0 Å². The monoisotopic (exact) mass is 458 g/mol. The lowest BCUT2D eigenvalue weighted by Crippen LogP contribution is -2.01. The molecule has 0 aliphatic heterocycles. The van der Waals surface area contributed by atoms with E-state index in [1.165, 1.54) is 0 Å². The number of aromatic hydroxyl groups is 2. The van der Waals surface area contributed by atoms with E-state index in [0.717, 1.165) is 68.1 Å². The van der Waals surface area contributed by atoms with Crippen LogP contribution in [0.25, 0.3) is 33.1 Å². The van der Waals surface area contributed by atoms with Gasteiger partial charge in [0, 0.05) is 21.9 Å². The van der Waals surface area contributed by atoms with Gasteiger partial charge in [-0.05, 0) is 101 Å². The Morgan fingerprint density at radius 1 is 0.676 bits per heavy atom. The van der Waals surface area contributed by atoms with Crippen LogP contribution in [-0.4, -0.2) is 10.2 Å². The predicted molar refractivity (Wildman–Crippen MR) is 140 cm³/mol. The summed E-state index contributed by atoms with van der Waals surface area (Å²) < 4.78 is 11.8. The highest BCUT2D eigenvalue weighted by molar-refractivity contribution is 6.11. The number of rotatable bonds is 7. The van der Waals surface area contributed by atoms with Crippen molar-refractivity contribution in [2.24, 2.45) is 0 Å². The molecule has 0 atom stereocenters. The van der Waals surface area contributed by atoms with Crippen LogP contribution in [0.3, 0.4) is 0 Å². The minimum atomic E-state index is 0.221. The van der Waals surface area contributed by atoms with Gasteiger partial charge in [-0.2, -0.15) is 0 Å². The van der Waals surface area contributed by atoms with Crippen LogP contribution < -0.4 is 0 Å². The van der Waals surface area contributed by atoms with Crippen LogP contribution in [0.2, 0.25) is 0 Å². The summed E-state index contributed by atoms with van der Waals surface area (Å²) in [4.78, 5) is 0. The molecule has 0 spiro atoms. The second kappa shape index (κ2) is 9.46. The molecular formula is C30H34O4. The summed E-state index contributed by atoms with van der Waals surface area (Å²) in [5.74, 6) is 0.442. The molecular weight excluding hydrogens is 424 g/mol. The summed E-state index contributed by atoms with van der Waals surface area (Å²) in [6.07, 6.45) is 14.8. The quantitative estimate of drug-likeness (QED) is 0.272. The third-order valence-corrected chi connectivity index (χ3v) is 6.95. The molecule has 0 aliphatic rings. The Bertz CT molecular complexity index is 1320. The maximum absolute atomic E-state index is 11.2. The highest BCUT2D eigenvalue weighted by atomic mass is 16.4. The van der Waals surface area contributed by atoms with Crippen LogP contribution in [0.1, 0.15) is 60.1 Å². The van der Waals surface area contributed by atoms with E-state index in [-0.39, 0.29) is 11.5 Å². The number of hydrogen-bond acceptors (Lipinski definition) is 4. The van der Waals surface area contributed by atoms with Crippen molar-refractivity contribution in [1.29, 1.82) is 0 Å². The molecule has 2 N–H and O–H groups in total. The first kappa shape index (κ1) is 23.7. The number of fused-ring (bicyclic) bond motifs is 2. The zero-order valence-corrected chi connectivity index (χ0v) is 21.0. The fraction of sp³-hybridized carbons (Fsp3) is 0.333. The molecule has 0 bridgehead atoms. The van der Waals surface area contributed by atoms with E-state index >= 15 is 0 Å². The number of furan rings is 2. The molecule has 0 saturated carbocycles. The molecule has 0 unspecified atom stereocenters. The molecule has 0 fully saturated rings. The van der Waals surface area contributed by atoms with Crippen molar-refractivity contribution in [2.45, 2.75) is 67.2 Å². The maximum atomic E-state index is 11.2. The Labute approximate surface area is 201 Å². The maximum Gasteiger partial charge on any atom is 0.176 e. The minimum absolute atomic E-state index is 0.221. The summed E-state index contributed by atoms with van der Waals surface area (Å²) in [6, 6.07) is 0. The number of phenolic OH excluding ortho intramolecular Hbond substituents is 2. The van der Waals surface area contributed by atoms with Gasteiger partial charge in [0.2, 0.25) is 0 Å². The van der Waals surface area contributed by atoms with Gasteiger partial charge in [0.25, 0.3) is 0 Å². The van der Waals surface area contributed by atoms with Crippen molar-refractivity contribution in [1.82, 2.24) is 0 Å². The standard InChI is InChI=1S/C30H34O4/c1-7-9-11-13-21-19(5)25(23-17(3)15-33-29(23)27(21)31)26-20(6)22(14-12-10-8-2)28(32)30-24(26)18(4)16-34-30/h7-10,15-16,31-32H,11-14H2,1-6H3/b9-7+,10-8+. The van der Waals surface area contributed by atoms with Gasteiger partial charge in [0.15, 0.2) is 22.7 Å². The van der Waals surface area contributed by atoms with Crippen molar-refractivity contribution in [3.05, 3.63) is 70.2 Å². The summed E-state index contributed by atoms with van der Waals surface area (Å²) >= 11 is 0. The van der Waals surface area contributed by atoms with Gasteiger partial charge in [-0.3, -0.25) is 0 Å². The molecule has 0 aliphatic carbocycles. The minimum Gasteiger partial charge on any atom is -0.504 e. The van der Waals surface area contributed by atoms with E-state index in [1.807, 2.05) is 39.8 Å². The molecule has 4 nitrogen and oxygen atoms in total. The Kier molecular flexibility index (Phi) is 6.60. The smallest absolute Gasteiger partial charge is 0.176 e. The van der Waals surface area contributed by atoms with Gasteiger partial charge >= 0.3 is 0 Å². The molecule has 4 heteroatoms. The van der Waals surface area contributed by atoms with Crippen molar-refractivity contribution in [3.8, 4) is 22.6 Å². The molecule has 4 aromatic rings. The predicted octanol–water partition coefficient (Wildman–Crippen LogP) is 8.51. The summed E-state index contributed by atoms with van der Waals surface area (Å²) in [5, 5.41) is 24.2. The molecule has 178 valence electrons. The Morgan fingerprint density at radius 2 is 1.06 bits per heavy atom. The van der Waals surface area contributed by atoms with Crippen molar-refractivity contribution < 1.29 is 19.0 Å². The summed E-state index contributed by atoms with van der Waals surface area (Å²) in [6.45, 7) is 12.2. The lowest BCUT2D eigenvalue weighted by molar-refractivity contribution is 0.457. The lowest BCUT2D eigenvalue weighted by atomic mass is 9.83. The third-order valence-electron chi connectivity index (χ3n) is 6.95. The first-order valence-electron chi connectivity index (χ1n) is 12.0. The number of allylic oxidation sites excluding steroid dienone is 4. The van der Waals surface area contributed by atoms with Crippen LogP contribution in [-0.2, 0) is 12.8 Å². The molecule has 0 amide bonds. The molecule has 4 rings (SSSR count). The summed E-state index contributed by atoms with van der Waals surface area (Å²) in [5.41, 5.74) is 8.95. The Hall–Kier alpha value is -3.40. The normalized spacial score (nSPS) is 12.3. The largest absolute Gasteiger partial charge is 0.504 e. The zero-order chi connectivity index (χ0) is 24.6. The zero-order valence-electron chi connectivity index (χ0n) is 21.0. The first-order valence-corrected chi connectivity index (χ1v) is 12.0. The second-order valence-corrected chi connectivity index (χ2v) is 9.12. The second-order valence-electron chi connectivity index (χ2n) is 9.12. The molecule has 2 aromatic heterocycles. The van der Waals surface area contributed by atoms with Crippen molar-refractivity contribution in [2.75, 3.05) is 0 Å². The van der Waals surface area contributed by atoms with Gasteiger partial charge in [-0.25, -0.2) is 0 Å². The van der Waals surface area contributed by atoms with E-state index in [2.05, 4.69) is 26.0 Å². The van der Waals surface area contributed by atoms with Crippen molar-refractivity contribution >= 4 is 21.9 Å². The highest BCUT2D eigenvalue weighted by Crippen LogP contribution is 2.49. The van der Waals surface area contributed by atoms with Crippen LogP contribution in [0.4, 0.5) is 0 Å². The molecule has 0 saturated heterocycles. The fourth-order valence-corrected chi connectivity index (χ4v) is 5.19. The van der Waals surface area contributed by atoms with Crippen LogP contribution in [0.15, 0.2) is 45.7 Å². The van der Waals surface area contributed by atoms with Gasteiger partial charge < -0.3 is 19.0 Å². The molecule has 2 heterocycles. The van der Waals surface area contributed by atoms with Crippen LogP contribution >= 0.6 is 0 Å². The van der Waals surface area contributed by atoms with Crippen molar-refractivity contribution in [3.63, 3.8) is 0 Å². The van der Waals surface area contributed by atoms with Crippen LogP contribution in [0.5, 0.6) is 11.5 Å². The van der Waals surface area contributed by atoms with Gasteiger partial charge in [-0.1, -0.05) is 24.3 Å². The third kappa shape index (κ3) is 3.71. The van der Waals surface area contributed by atoms with E-state index in [4.69, 9.17) is 8.83 Å². The van der Waals surface area contributed by atoms with E-state index in [9.17, 15) is 10.2 Å². The molecule has 34 heavy (non-hydrogen) atoms. The van der Waals surface area contributed by atoms with E-state index in [0.29, 0.717) is 24.0 Å². The Balaban J connectivity index is 2.14. The average molecular weight is 459 g/mol. The van der Waals surface area contributed by atoms with E-state index in [1.54, 1.807) is 12.5 Å². The highest BCUT2D eigenvalue weighted by Gasteiger charge is 2.27. The fourth-order valence-electron chi connectivity index (χ4n) is 5.19. The van der Waals surface area contributed by atoms with Gasteiger partial charge in [0.1, 0.15) is 0 Å². The number of benzene rings is 2. The average Bonchev–Trinajstić information content (AvgIpc) is 3.38. The molecule has 0 radical (unpaired) electrons. The first-order chi connectivity index (χ1) is 16.3.